The number of ether oxygens (including phenoxy) is 1. The average molecular weight is 741 g/mol. The predicted octanol–water partition coefficient (Wildman–Crippen LogP) is 10.6. The van der Waals surface area contributed by atoms with Gasteiger partial charge in [-0.25, -0.2) is 4.79 Å². The second-order valence-electron chi connectivity index (χ2n) is 10.7. The molecule has 2 aromatic carbocycles. The second-order valence-corrected chi connectivity index (χ2v) is 11.1. The zero-order chi connectivity index (χ0) is 39.0. The number of nitrogens with zero attached hydrogens (tertiary/aromatic N) is 3. The number of carbonyl (C=O) groups excluding carboxylic acids is 1. The summed E-state index contributed by atoms with van der Waals surface area (Å²) in [6.07, 6.45) is 0.920. The summed E-state index contributed by atoms with van der Waals surface area (Å²) in [4.78, 5) is 36.5. The van der Waals surface area contributed by atoms with E-state index >= 15 is 0 Å². The molecule has 0 aliphatic heterocycles. The number of hydrogen-bond acceptors (Lipinski definition) is 8. The van der Waals surface area contributed by atoms with Gasteiger partial charge in [-0.2, -0.15) is 28.1 Å². The molecule has 0 bridgehead atoms. The van der Waals surface area contributed by atoms with Crippen molar-refractivity contribution >= 4 is 41.1 Å². The largest absolute Gasteiger partial charge is 0.480 e. The standard InChI is InChI=1S/C28H30ClF3N6O4.C3H8.3C2H6/c1-2-3-4-5-21(23(40)41)34-22(39)17-6-12-20(13-7-17)33-24-35-25(37-26(36-24)42-16-28(30,31)32)38-27(14-15-27)18-8-10-19(29)11-9-18;1-3-2;3*1-2/h6-13,21H,2-5,14-16H2,1H3,(H,34,39)(H,40,41)(H2,33,35,36,37,38);3H2,1-2H3;3*1-2H3/t21-;;;;/m0..../s1. The predicted molar refractivity (Wildman–Crippen MR) is 200 cm³/mol. The maximum atomic E-state index is 12.8. The molecule has 10 nitrogen and oxygen atoms in total. The smallest absolute Gasteiger partial charge is 0.422 e. The molecule has 0 saturated heterocycles. The molecule has 1 aliphatic carbocycles. The molecule has 1 aliphatic rings. The fraction of sp³-hybridized carbons (Fsp3) is 0.541. The molecular weight excluding hydrogens is 685 g/mol. The number of benzene rings is 2. The van der Waals surface area contributed by atoms with Gasteiger partial charge in [0.15, 0.2) is 6.61 Å². The molecule has 1 saturated carbocycles. The minimum atomic E-state index is -4.60. The van der Waals surface area contributed by atoms with Crippen molar-refractivity contribution in [2.24, 2.45) is 0 Å². The topological polar surface area (TPSA) is 138 Å². The second kappa shape index (κ2) is 24.9. The Balaban J connectivity index is 0.00000255. The number of halogens is 4. The minimum absolute atomic E-state index is 0.0101. The van der Waals surface area contributed by atoms with Crippen LogP contribution >= 0.6 is 11.6 Å². The van der Waals surface area contributed by atoms with Crippen LogP contribution in [-0.2, 0) is 10.3 Å². The summed E-state index contributed by atoms with van der Waals surface area (Å²) in [5.41, 5.74) is 1.06. The van der Waals surface area contributed by atoms with Crippen molar-refractivity contribution in [3.63, 3.8) is 0 Å². The van der Waals surface area contributed by atoms with Gasteiger partial charge in [0.05, 0.1) is 5.54 Å². The minimum Gasteiger partial charge on any atom is -0.480 e. The van der Waals surface area contributed by atoms with Crippen LogP contribution in [0.3, 0.4) is 0 Å². The lowest BCUT2D eigenvalue weighted by Crippen LogP contribution is -2.40. The lowest BCUT2D eigenvalue weighted by atomic mass is 10.1. The van der Waals surface area contributed by atoms with Gasteiger partial charge in [-0.1, -0.05) is 112 Å². The first-order chi connectivity index (χ1) is 24.4. The van der Waals surface area contributed by atoms with E-state index in [1.54, 1.807) is 12.1 Å². The van der Waals surface area contributed by atoms with E-state index in [9.17, 15) is 27.9 Å². The van der Waals surface area contributed by atoms with Crippen LogP contribution in [0.15, 0.2) is 48.5 Å². The Morgan fingerprint density at radius 3 is 1.92 bits per heavy atom. The maximum Gasteiger partial charge on any atom is 0.422 e. The zero-order valence-corrected chi connectivity index (χ0v) is 32.1. The van der Waals surface area contributed by atoms with E-state index in [1.165, 1.54) is 30.7 Å². The third-order valence-electron chi connectivity index (χ3n) is 6.58. The third-order valence-corrected chi connectivity index (χ3v) is 6.83. The van der Waals surface area contributed by atoms with Gasteiger partial charge in [0, 0.05) is 16.3 Å². The number of carbonyl (C=O) groups is 2. The molecule has 0 spiro atoms. The molecule has 14 heteroatoms. The Hall–Kier alpha value is -4.13. The van der Waals surface area contributed by atoms with Crippen molar-refractivity contribution in [2.75, 3.05) is 17.2 Å². The van der Waals surface area contributed by atoms with E-state index in [-0.39, 0.29) is 17.5 Å². The SMILES string of the molecule is CC.CC.CC.CCC.CCCCC[C@H](NC(=O)c1ccc(Nc2nc(NC3(c4ccc(Cl)cc4)CC3)nc(OCC(F)(F)F)n2)cc1)C(=O)O. The summed E-state index contributed by atoms with van der Waals surface area (Å²) in [6.45, 7) is 16.7. The van der Waals surface area contributed by atoms with Gasteiger partial charge < -0.3 is 25.8 Å². The van der Waals surface area contributed by atoms with Gasteiger partial charge in [0.25, 0.3) is 5.91 Å². The molecule has 1 amide bonds. The molecule has 286 valence electrons. The van der Waals surface area contributed by atoms with Crippen molar-refractivity contribution in [1.82, 2.24) is 20.3 Å². The molecule has 4 N–H and O–H groups in total. The number of rotatable bonds is 14. The number of alkyl halides is 3. The quantitative estimate of drug-likeness (QED) is 0.119. The number of hydrogen-bond donors (Lipinski definition) is 4. The highest BCUT2D eigenvalue weighted by molar-refractivity contribution is 6.30. The molecule has 3 aromatic rings. The van der Waals surface area contributed by atoms with E-state index in [1.807, 2.05) is 60.6 Å². The van der Waals surface area contributed by atoms with Crippen molar-refractivity contribution in [3.8, 4) is 6.01 Å². The van der Waals surface area contributed by atoms with Crippen LogP contribution < -0.4 is 20.7 Å². The van der Waals surface area contributed by atoms with E-state index in [2.05, 4.69) is 44.7 Å². The molecular formula is C37H56ClF3N6O4. The molecule has 51 heavy (non-hydrogen) atoms. The van der Waals surface area contributed by atoms with Crippen molar-refractivity contribution < 1.29 is 32.6 Å². The fourth-order valence-corrected chi connectivity index (χ4v) is 4.33. The van der Waals surface area contributed by atoms with Crippen molar-refractivity contribution in [2.45, 2.75) is 125 Å². The Labute approximate surface area is 306 Å². The van der Waals surface area contributed by atoms with E-state index in [4.69, 9.17) is 16.3 Å². The van der Waals surface area contributed by atoms with E-state index in [0.29, 0.717) is 23.6 Å². The molecule has 0 unspecified atom stereocenters. The van der Waals surface area contributed by atoms with Crippen LogP contribution in [0.1, 0.15) is 123 Å². The molecule has 1 aromatic heterocycles. The number of amides is 1. The number of unbranched alkanes of at least 4 members (excludes halogenated alkanes) is 2. The van der Waals surface area contributed by atoms with Crippen LogP contribution in [-0.4, -0.2) is 50.8 Å². The van der Waals surface area contributed by atoms with E-state index in [0.717, 1.165) is 31.2 Å². The third kappa shape index (κ3) is 17.6. The van der Waals surface area contributed by atoms with Gasteiger partial charge in [0.1, 0.15) is 6.04 Å². The summed E-state index contributed by atoms with van der Waals surface area (Å²) in [5.74, 6) is -1.73. The van der Waals surface area contributed by atoms with Gasteiger partial charge in [-0.3, -0.25) is 4.79 Å². The van der Waals surface area contributed by atoms with Crippen molar-refractivity contribution in [1.29, 1.82) is 0 Å². The molecule has 1 atom stereocenters. The number of carboxylic acid groups (broad SMARTS) is 1. The summed E-state index contributed by atoms with van der Waals surface area (Å²) < 4.78 is 43.3. The molecule has 4 rings (SSSR count). The van der Waals surface area contributed by atoms with Crippen LogP contribution in [0.5, 0.6) is 6.01 Å². The highest BCUT2D eigenvalue weighted by Gasteiger charge is 2.45. The number of aliphatic carboxylic acids is 1. The normalized spacial score (nSPS) is 12.6. The van der Waals surface area contributed by atoms with Crippen LogP contribution in [0.4, 0.5) is 30.8 Å². The fourth-order valence-electron chi connectivity index (χ4n) is 4.20. The first-order valence-electron chi connectivity index (χ1n) is 17.8. The Morgan fingerprint density at radius 2 is 1.43 bits per heavy atom. The van der Waals surface area contributed by atoms with Gasteiger partial charge in [-0.15, -0.1) is 0 Å². The van der Waals surface area contributed by atoms with Crippen LogP contribution in [0.2, 0.25) is 5.02 Å². The number of nitrogens with one attached hydrogen (secondary N) is 3. The Morgan fingerprint density at radius 1 is 0.882 bits per heavy atom. The summed E-state index contributed by atoms with van der Waals surface area (Å²) in [6, 6.07) is 11.7. The number of aromatic nitrogens is 3. The maximum absolute atomic E-state index is 12.8. The first-order valence-corrected chi connectivity index (χ1v) is 18.2. The van der Waals surface area contributed by atoms with Gasteiger partial charge in [-0.05, 0) is 61.2 Å². The Bertz CT molecular complexity index is 1410. The summed E-state index contributed by atoms with van der Waals surface area (Å²) in [5, 5.41) is 18.6. The van der Waals surface area contributed by atoms with Crippen LogP contribution in [0.25, 0.3) is 0 Å². The number of carboxylic acids is 1. The van der Waals surface area contributed by atoms with Gasteiger partial charge >= 0.3 is 18.2 Å². The highest BCUT2D eigenvalue weighted by Crippen LogP contribution is 2.48. The number of anilines is 3. The average Bonchev–Trinajstić information content (AvgIpc) is 3.90. The van der Waals surface area contributed by atoms with Crippen molar-refractivity contribution in [3.05, 3.63) is 64.7 Å². The lowest BCUT2D eigenvalue weighted by molar-refractivity contribution is -0.154. The summed E-state index contributed by atoms with van der Waals surface area (Å²) in [7, 11) is 0. The lowest BCUT2D eigenvalue weighted by Gasteiger charge is -2.19. The van der Waals surface area contributed by atoms with E-state index < -0.39 is 42.3 Å². The first kappa shape index (κ1) is 46.9. The monoisotopic (exact) mass is 740 g/mol. The van der Waals surface area contributed by atoms with Gasteiger partial charge in [0.2, 0.25) is 11.9 Å². The molecule has 1 heterocycles. The molecule has 0 radical (unpaired) electrons. The zero-order valence-electron chi connectivity index (χ0n) is 31.4. The molecule has 1 fully saturated rings. The summed E-state index contributed by atoms with van der Waals surface area (Å²) >= 11 is 6.00. The van der Waals surface area contributed by atoms with Crippen LogP contribution in [0, 0.1) is 0 Å². The Kier molecular flexibility index (Phi) is 22.9. The highest BCUT2D eigenvalue weighted by atomic mass is 35.5.